The fraction of sp³-hybridized carbons (Fsp3) is 1.00. The maximum atomic E-state index is 5.90. The largest absolute Gasteiger partial charge is 0.341 e. The Hall–Kier alpha value is 0.350. The monoisotopic (exact) mass is 189 g/mol. The van der Waals surface area contributed by atoms with Gasteiger partial charge in [0.05, 0.1) is 6.10 Å². The number of rotatable bonds is 2. The van der Waals surface area contributed by atoms with Crippen LogP contribution in [0.3, 0.4) is 0 Å². The van der Waals surface area contributed by atoms with Gasteiger partial charge in [-0.05, 0) is 27.2 Å². The minimum Gasteiger partial charge on any atom is -0.341 e. The molecule has 1 aliphatic rings. The van der Waals surface area contributed by atoms with Crippen molar-refractivity contribution < 1.29 is 4.52 Å². The highest BCUT2D eigenvalue weighted by Gasteiger charge is 2.27. The predicted octanol–water partition coefficient (Wildman–Crippen LogP) is 2.84. The van der Waals surface area contributed by atoms with Gasteiger partial charge in [-0.1, -0.05) is 6.92 Å². The summed E-state index contributed by atoms with van der Waals surface area (Å²) < 4.78 is 8.41. The van der Waals surface area contributed by atoms with Crippen molar-refractivity contribution in [1.29, 1.82) is 0 Å². The smallest absolute Gasteiger partial charge is 0.104 e. The van der Waals surface area contributed by atoms with Crippen LogP contribution in [0.5, 0.6) is 0 Å². The van der Waals surface area contributed by atoms with Gasteiger partial charge in [-0.3, -0.25) is 4.67 Å². The Balaban J connectivity index is 2.50. The van der Waals surface area contributed by atoms with E-state index in [1.54, 1.807) is 0 Å². The normalized spacial score (nSPS) is 32.8. The molecule has 0 aromatic heterocycles. The molecule has 0 aromatic carbocycles. The molecule has 1 saturated heterocycles. The van der Waals surface area contributed by atoms with E-state index in [-0.39, 0.29) is 8.30 Å². The third-order valence-electron chi connectivity index (χ3n) is 2.22. The van der Waals surface area contributed by atoms with Crippen molar-refractivity contribution in [3.05, 3.63) is 0 Å². The van der Waals surface area contributed by atoms with Gasteiger partial charge in [0, 0.05) is 18.7 Å². The molecule has 72 valence electrons. The lowest BCUT2D eigenvalue weighted by Crippen LogP contribution is -2.35. The van der Waals surface area contributed by atoms with Crippen molar-refractivity contribution in [2.45, 2.75) is 46.3 Å². The van der Waals surface area contributed by atoms with E-state index in [4.69, 9.17) is 4.52 Å². The second kappa shape index (κ2) is 4.55. The average molecular weight is 189 g/mol. The summed E-state index contributed by atoms with van der Waals surface area (Å²) in [6, 6.07) is 0.642. The maximum absolute atomic E-state index is 5.90. The lowest BCUT2D eigenvalue weighted by Gasteiger charge is -2.39. The van der Waals surface area contributed by atoms with Crippen LogP contribution in [0.25, 0.3) is 0 Å². The van der Waals surface area contributed by atoms with Gasteiger partial charge < -0.3 is 4.52 Å². The molecule has 1 heterocycles. The standard InChI is InChI=1S/C9H20NOP/c1-5-12-10(8(2)3)7-6-9(4)11-12/h8-9H,5-7H2,1-4H3/t9-,12?/m1/s1. The van der Waals surface area contributed by atoms with Crippen LogP contribution < -0.4 is 0 Å². The Labute approximate surface area is 77.2 Å². The van der Waals surface area contributed by atoms with E-state index in [2.05, 4.69) is 32.4 Å². The van der Waals surface area contributed by atoms with Crippen LogP contribution in [-0.4, -0.2) is 29.5 Å². The topological polar surface area (TPSA) is 12.5 Å². The van der Waals surface area contributed by atoms with E-state index in [9.17, 15) is 0 Å². The SMILES string of the molecule is CCP1O[C@H](C)CCN1C(C)C. The van der Waals surface area contributed by atoms with E-state index in [0.29, 0.717) is 12.1 Å². The summed E-state index contributed by atoms with van der Waals surface area (Å²) >= 11 is 0. The first kappa shape index (κ1) is 10.4. The molecule has 0 aliphatic carbocycles. The molecule has 1 unspecified atom stereocenters. The van der Waals surface area contributed by atoms with Gasteiger partial charge in [0.15, 0.2) is 0 Å². The first-order valence-electron chi connectivity index (χ1n) is 4.86. The fourth-order valence-electron chi connectivity index (χ4n) is 1.52. The molecule has 0 aromatic rings. The van der Waals surface area contributed by atoms with E-state index in [0.717, 1.165) is 6.16 Å². The molecular formula is C9H20NOP. The van der Waals surface area contributed by atoms with Crippen molar-refractivity contribution in [3.63, 3.8) is 0 Å². The minimum absolute atomic E-state index is 0.278. The summed E-state index contributed by atoms with van der Waals surface area (Å²) in [5, 5.41) is 0. The summed E-state index contributed by atoms with van der Waals surface area (Å²) in [5.74, 6) is 0. The first-order chi connectivity index (χ1) is 5.65. The Morgan fingerprint density at radius 1 is 1.58 bits per heavy atom. The maximum Gasteiger partial charge on any atom is 0.104 e. The molecule has 0 amide bonds. The van der Waals surface area contributed by atoms with Crippen LogP contribution in [0.15, 0.2) is 0 Å². The van der Waals surface area contributed by atoms with Crippen molar-refractivity contribution >= 4 is 8.30 Å². The molecular weight excluding hydrogens is 169 g/mol. The quantitative estimate of drug-likeness (QED) is 0.619. The van der Waals surface area contributed by atoms with Gasteiger partial charge in [-0.2, -0.15) is 0 Å². The molecule has 12 heavy (non-hydrogen) atoms. The predicted molar refractivity (Wildman–Crippen MR) is 54.5 cm³/mol. The van der Waals surface area contributed by atoms with Crippen LogP contribution in [0.2, 0.25) is 0 Å². The molecule has 0 radical (unpaired) electrons. The molecule has 1 rings (SSSR count). The van der Waals surface area contributed by atoms with Gasteiger partial charge in [0.1, 0.15) is 8.30 Å². The minimum atomic E-state index is -0.278. The first-order valence-corrected chi connectivity index (χ1v) is 6.25. The average Bonchev–Trinajstić information content (AvgIpc) is 2.03. The highest BCUT2D eigenvalue weighted by atomic mass is 31.2. The van der Waals surface area contributed by atoms with Crippen molar-refractivity contribution in [1.82, 2.24) is 4.67 Å². The van der Waals surface area contributed by atoms with E-state index < -0.39 is 0 Å². The van der Waals surface area contributed by atoms with Crippen molar-refractivity contribution in [3.8, 4) is 0 Å². The molecule has 2 nitrogen and oxygen atoms in total. The van der Waals surface area contributed by atoms with Crippen LogP contribution in [0, 0.1) is 0 Å². The van der Waals surface area contributed by atoms with Crippen molar-refractivity contribution in [2.24, 2.45) is 0 Å². The van der Waals surface area contributed by atoms with Crippen LogP contribution in [0.4, 0.5) is 0 Å². The summed E-state index contributed by atoms with van der Waals surface area (Å²) in [6.07, 6.45) is 2.83. The third-order valence-corrected chi connectivity index (χ3v) is 4.60. The third kappa shape index (κ3) is 2.42. The zero-order valence-corrected chi connectivity index (χ0v) is 9.47. The number of hydrogen-bond donors (Lipinski definition) is 0. The van der Waals surface area contributed by atoms with E-state index >= 15 is 0 Å². The summed E-state index contributed by atoms with van der Waals surface area (Å²) in [6.45, 7) is 10.1. The summed E-state index contributed by atoms with van der Waals surface area (Å²) in [4.78, 5) is 0. The summed E-state index contributed by atoms with van der Waals surface area (Å²) in [7, 11) is -0.278. The Kier molecular flexibility index (Phi) is 3.95. The molecule has 3 heteroatoms. The van der Waals surface area contributed by atoms with Gasteiger partial charge in [0.2, 0.25) is 0 Å². The van der Waals surface area contributed by atoms with Crippen LogP contribution in [-0.2, 0) is 4.52 Å². The zero-order valence-electron chi connectivity index (χ0n) is 8.58. The molecule has 1 aliphatic heterocycles. The number of hydrogen-bond acceptors (Lipinski definition) is 2. The lowest BCUT2D eigenvalue weighted by atomic mass is 10.2. The van der Waals surface area contributed by atoms with Gasteiger partial charge >= 0.3 is 0 Å². The van der Waals surface area contributed by atoms with Crippen LogP contribution in [0.1, 0.15) is 34.1 Å². The van der Waals surface area contributed by atoms with Gasteiger partial charge in [-0.15, -0.1) is 0 Å². The Bertz CT molecular complexity index is 140. The summed E-state index contributed by atoms with van der Waals surface area (Å²) in [5.41, 5.74) is 0. The van der Waals surface area contributed by atoms with Gasteiger partial charge in [0.25, 0.3) is 0 Å². The van der Waals surface area contributed by atoms with Crippen molar-refractivity contribution in [2.75, 3.05) is 12.7 Å². The molecule has 2 atom stereocenters. The molecule has 0 spiro atoms. The highest BCUT2D eigenvalue weighted by Crippen LogP contribution is 2.47. The van der Waals surface area contributed by atoms with E-state index in [1.807, 2.05) is 0 Å². The lowest BCUT2D eigenvalue weighted by molar-refractivity contribution is 0.154. The number of nitrogens with zero attached hydrogens (tertiary/aromatic N) is 1. The second-order valence-corrected chi connectivity index (χ2v) is 5.69. The molecule has 0 bridgehead atoms. The molecule has 0 saturated carbocycles. The Morgan fingerprint density at radius 2 is 2.25 bits per heavy atom. The van der Waals surface area contributed by atoms with Crippen LogP contribution >= 0.6 is 8.30 Å². The molecule has 0 N–H and O–H groups in total. The fourth-order valence-corrected chi connectivity index (χ4v) is 3.53. The molecule has 1 fully saturated rings. The Morgan fingerprint density at radius 3 is 2.75 bits per heavy atom. The zero-order chi connectivity index (χ0) is 9.14. The second-order valence-electron chi connectivity index (χ2n) is 3.63. The van der Waals surface area contributed by atoms with E-state index in [1.165, 1.54) is 13.0 Å². The highest BCUT2D eigenvalue weighted by molar-refractivity contribution is 7.50. The van der Waals surface area contributed by atoms with Gasteiger partial charge in [-0.25, -0.2) is 0 Å².